The second kappa shape index (κ2) is 37.1. The molecule has 0 saturated carbocycles. The number of methoxy groups -OCH3 is 8. The molecule has 2 aliphatic heterocycles. The molecule has 0 bridgehead atoms. The monoisotopic (exact) mass is 1220 g/mol. The van der Waals surface area contributed by atoms with Crippen molar-refractivity contribution in [2.45, 2.75) is 31.5 Å². The van der Waals surface area contributed by atoms with E-state index >= 15 is 0 Å². The molecular formula is C56H67BrK2N4O17. The smallest absolute Gasteiger partial charge is 1.00 e. The Hall–Kier alpha value is -5.07. The first kappa shape index (κ1) is 71.0. The van der Waals surface area contributed by atoms with Gasteiger partial charge in [0.1, 0.15) is 6.61 Å². The van der Waals surface area contributed by atoms with Gasteiger partial charge in [-0.1, -0.05) is 71.6 Å². The Morgan fingerprint density at radius 3 is 1.49 bits per heavy atom. The molecule has 5 aromatic carbocycles. The summed E-state index contributed by atoms with van der Waals surface area (Å²) in [7, 11) is 14.1. The number of benzene rings is 5. The van der Waals surface area contributed by atoms with Crippen LogP contribution in [0.25, 0.3) is 0 Å². The molecule has 3 amide bonds. The minimum Gasteiger partial charge on any atom is -1.00 e. The molecular weight excluding hydrogens is 1160 g/mol. The van der Waals surface area contributed by atoms with E-state index in [4.69, 9.17) is 57.4 Å². The van der Waals surface area contributed by atoms with Crippen LogP contribution in [0.5, 0.6) is 57.5 Å². The van der Waals surface area contributed by atoms with Crippen molar-refractivity contribution in [3.8, 4) is 57.5 Å². The number of nitrogens with one attached hydrogen (secondary N) is 2. The summed E-state index contributed by atoms with van der Waals surface area (Å²) < 4.78 is 54.2. The zero-order valence-corrected chi connectivity index (χ0v) is 54.8. The summed E-state index contributed by atoms with van der Waals surface area (Å²) in [6.07, 6.45) is 1.27. The third-order valence-electron chi connectivity index (χ3n) is 11.7. The van der Waals surface area contributed by atoms with Crippen LogP contribution in [0.3, 0.4) is 0 Å². The number of alkyl carbamates (subject to hydrolysis) is 1. The molecule has 0 spiro atoms. The number of anilines is 2. The second-order valence-electron chi connectivity index (χ2n) is 16.3. The average Bonchev–Trinajstić information content (AvgIpc) is 3.47. The maximum absolute atomic E-state index is 12.9. The molecule has 2 atom stereocenters. The van der Waals surface area contributed by atoms with Crippen molar-refractivity contribution in [2.75, 3.05) is 98.8 Å². The van der Waals surface area contributed by atoms with Gasteiger partial charge < -0.3 is 74.7 Å². The van der Waals surface area contributed by atoms with E-state index in [0.29, 0.717) is 99.4 Å². The van der Waals surface area contributed by atoms with Crippen molar-refractivity contribution >= 4 is 51.7 Å². The van der Waals surface area contributed by atoms with Gasteiger partial charge in [-0.05, 0) is 67.4 Å². The van der Waals surface area contributed by atoms with Crippen molar-refractivity contribution in [3.63, 3.8) is 0 Å². The number of carbonyl (C=O) groups is 4. The molecule has 2 saturated heterocycles. The van der Waals surface area contributed by atoms with Crippen LogP contribution < -0.4 is 171 Å². The minimum absolute atomic E-state index is 0. The van der Waals surface area contributed by atoms with Crippen molar-refractivity contribution < 1.29 is 186 Å². The van der Waals surface area contributed by atoms with Crippen LogP contribution in [0.15, 0.2) is 115 Å². The normalized spacial score (nSPS) is 13.6. The Balaban J connectivity index is 0.000000706. The van der Waals surface area contributed by atoms with Crippen LogP contribution in [0, 0.1) is 0 Å². The summed E-state index contributed by atoms with van der Waals surface area (Å²) in [6.45, 7) is 9.71. The van der Waals surface area contributed by atoms with Crippen LogP contribution in [0.1, 0.15) is 43.0 Å². The van der Waals surface area contributed by atoms with Crippen LogP contribution in [0.2, 0.25) is 0 Å². The SMILES string of the molecule is C=C1C(=O)N(c2cc(OC)c(OC)c(OC)c2)[C@H]1c1ccc(OC)c(O)c1.C=C1C(=O)N(c2cc(OC)c(OC)c(OC)c2)[C@H]1c1ccc(OC)c(OCCCNC(=O)OCc2ccccc2)c1.CNCCCBr.O=CO[O-].[H-].[K+].[K+]. The van der Waals surface area contributed by atoms with E-state index in [1.54, 1.807) is 65.4 Å². The van der Waals surface area contributed by atoms with Gasteiger partial charge in [-0.2, -0.15) is 0 Å². The first-order chi connectivity index (χ1) is 37.7. The van der Waals surface area contributed by atoms with Crippen molar-refractivity contribution in [1.29, 1.82) is 0 Å². The second-order valence-corrected chi connectivity index (χ2v) is 17.1. The van der Waals surface area contributed by atoms with Gasteiger partial charge >= 0.3 is 109 Å². The van der Waals surface area contributed by atoms with Gasteiger partial charge in [0.05, 0.1) is 86.9 Å². The minimum atomic E-state index is -0.492. The summed E-state index contributed by atoms with van der Waals surface area (Å²) >= 11 is 3.31. The van der Waals surface area contributed by atoms with Gasteiger partial charge in [0.2, 0.25) is 11.5 Å². The molecule has 2 fully saturated rings. The molecule has 5 aromatic rings. The van der Waals surface area contributed by atoms with Crippen molar-refractivity contribution in [3.05, 3.63) is 132 Å². The topological polar surface area (TPSA) is 244 Å². The Kier molecular flexibility index (Phi) is 33.0. The number of phenolic OH excluding ortho intramolecular Hbond substituents is 1. The number of halogens is 1. The van der Waals surface area contributed by atoms with Crippen LogP contribution in [0.4, 0.5) is 16.2 Å². The summed E-state index contributed by atoms with van der Waals surface area (Å²) in [5.41, 5.74) is 4.43. The summed E-state index contributed by atoms with van der Waals surface area (Å²) in [6, 6.07) is 25.9. The van der Waals surface area contributed by atoms with Gasteiger partial charge in [0.25, 0.3) is 18.3 Å². The molecule has 0 aromatic heterocycles. The van der Waals surface area contributed by atoms with Crippen molar-refractivity contribution in [1.82, 2.24) is 10.6 Å². The Morgan fingerprint density at radius 2 is 1.10 bits per heavy atom. The number of ether oxygens (including phenoxy) is 10. The predicted molar refractivity (Wildman–Crippen MR) is 294 cm³/mol. The maximum atomic E-state index is 12.9. The van der Waals surface area contributed by atoms with E-state index < -0.39 is 18.2 Å². The molecule has 24 heteroatoms. The third kappa shape index (κ3) is 18.7. The molecule has 21 nitrogen and oxygen atoms in total. The van der Waals surface area contributed by atoms with E-state index in [9.17, 15) is 19.5 Å². The molecule has 0 aliphatic carbocycles. The first-order valence-corrected chi connectivity index (χ1v) is 25.0. The molecule has 2 aliphatic rings. The fraction of sp³-hybridized carbons (Fsp3) is 0.321. The van der Waals surface area contributed by atoms with Crippen LogP contribution in [-0.2, 0) is 30.6 Å². The number of phenols is 1. The molecule has 80 heavy (non-hydrogen) atoms. The zero-order chi connectivity index (χ0) is 57.3. The number of aromatic hydroxyl groups is 1. The third-order valence-corrected chi connectivity index (χ3v) is 12.3. The molecule has 7 rings (SSSR count). The van der Waals surface area contributed by atoms with Crippen molar-refractivity contribution in [2.24, 2.45) is 0 Å². The number of rotatable bonds is 23. The number of β-lactam (4-membered cyclic amide) rings is 2. The Morgan fingerprint density at radius 1 is 0.650 bits per heavy atom. The molecule has 0 radical (unpaired) electrons. The number of nitrogens with zero attached hydrogens (tertiary/aromatic N) is 2. The number of hydrogen-bond donors (Lipinski definition) is 3. The van der Waals surface area contributed by atoms with Crippen LogP contribution >= 0.6 is 15.9 Å². The molecule has 2 heterocycles. The van der Waals surface area contributed by atoms with E-state index in [1.807, 2.05) is 49.5 Å². The largest absolute Gasteiger partial charge is 1.00 e. The van der Waals surface area contributed by atoms with Gasteiger partial charge in [-0.15, -0.1) is 0 Å². The molecule has 3 N–H and O–H groups in total. The quantitative estimate of drug-likeness (QED) is 0.0123. The summed E-state index contributed by atoms with van der Waals surface area (Å²) in [5, 5.41) is 25.4. The first-order valence-electron chi connectivity index (χ1n) is 23.9. The van der Waals surface area contributed by atoms with E-state index in [0.717, 1.165) is 23.0 Å². The van der Waals surface area contributed by atoms with Gasteiger partial charge in [0, 0.05) is 47.3 Å². The van der Waals surface area contributed by atoms with Crippen LogP contribution in [-0.4, -0.2) is 118 Å². The summed E-state index contributed by atoms with van der Waals surface area (Å²) in [4.78, 5) is 51.9. The van der Waals surface area contributed by atoms with Gasteiger partial charge in [0.15, 0.2) is 46.0 Å². The van der Waals surface area contributed by atoms with E-state index in [2.05, 4.69) is 44.6 Å². The number of alkyl halides is 1. The Bertz CT molecular complexity index is 2780. The number of amides is 3. The van der Waals surface area contributed by atoms with E-state index in [1.165, 1.54) is 56.2 Å². The fourth-order valence-electron chi connectivity index (χ4n) is 7.92. The zero-order valence-electron chi connectivity index (χ0n) is 48.0. The number of carbonyl (C=O) groups excluding carboxylic acids is 4. The maximum Gasteiger partial charge on any atom is 1.00 e. The predicted octanol–water partition coefficient (Wildman–Crippen LogP) is 1.68. The van der Waals surface area contributed by atoms with E-state index in [-0.39, 0.29) is 135 Å². The van der Waals surface area contributed by atoms with Gasteiger partial charge in [-0.25, -0.2) is 4.79 Å². The molecule has 422 valence electrons. The average molecular weight is 1230 g/mol. The van der Waals surface area contributed by atoms with Gasteiger partial charge in [-0.3, -0.25) is 24.2 Å². The fourth-order valence-corrected chi connectivity index (χ4v) is 8.20. The molecule has 0 unspecified atom stereocenters. The Labute approximate surface area is 561 Å². The number of hydrogen-bond acceptors (Lipinski definition) is 18. The standard InChI is InChI=1S/C31H34N2O8.C20H21NO6.C4H10BrN.CH2O3.2K.H/c1-20-28(33(30(20)34)23-17-26(37-3)29(39-5)27(18-23)38-4)22-12-13-24(36-2)25(16-22)40-15-9-14-32-31(35)41-19-21-10-7-6-8-11-21;1-11-18(12-6-7-15(24-2)14(22)8-12)21(20(11)23)13-9-16(25-3)19(27-5)17(10-13)26-4;1-6-4-2-3-5;2-1-4-3;;;/h6-8,10-13,16-18,28H,1,9,14-15,19H2,2-5H3,(H,32,35);6-10,18,22H,1H2,2-5H3;6H,2-4H2,1H3;1,3H;;;/q;;;;2*+1;-1/p-1/t28-;18-;;;;;/m11...../s1. The summed E-state index contributed by atoms with van der Waals surface area (Å²) in [5.74, 6) is 3.58.